The normalized spacial score (nSPS) is 13.5. The van der Waals surface area contributed by atoms with Crippen LogP contribution < -0.4 is 16.6 Å². The minimum absolute atomic E-state index is 0.173. The lowest BCUT2D eigenvalue weighted by molar-refractivity contribution is -0.174. The maximum absolute atomic E-state index is 12.0. The number of fused-ring (bicyclic) bond motifs is 1. The number of anilines is 1. The van der Waals surface area contributed by atoms with Crippen LogP contribution in [0.15, 0.2) is 9.59 Å². The number of H-pyrrole nitrogens is 1. The van der Waals surface area contributed by atoms with Gasteiger partial charge in [0.25, 0.3) is 5.56 Å². The molecule has 0 saturated carbocycles. The molecule has 0 aliphatic carbocycles. The fraction of sp³-hybridized carbons (Fsp3) is 0.583. The standard InChI is InChI=1S/C12H16F3N5O3/c1-6(4-23-5-12(13,14)15)16-10-17-8-7(19(10)2)9(21)18-11(22)20(8)3/h6H,4-5H2,1-3H3,(H,16,17)(H,18,21,22)/t6-/m1/s1. The highest BCUT2D eigenvalue weighted by Crippen LogP contribution is 2.16. The van der Waals surface area contributed by atoms with Crippen LogP contribution in [0.25, 0.3) is 11.2 Å². The first-order chi connectivity index (χ1) is 10.6. The number of nitrogens with one attached hydrogen (secondary N) is 2. The second-order valence-electron chi connectivity index (χ2n) is 5.16. The summed E-state index contributed by atoms with van der Waals surface area (Å²) in [7, 11) is 3.01. The Morgan fingerprint density at radius 3 is 2.57 bits per heavy atom. The van der Waals surface area contributed by atoms with Gasteiger partial charge >= 0.3 is 11.9 Å². The molecule has 0 saturated heterocycles. The van der Waals surface area contributed by atoms with Crippen LogP contribution in [0.4, 0.5) is 19.1 Å². The zero-order valence-corrected chi connectivity index (χ0v) is 12.7. The lowest BCUT2D eigenvalue weighted by Gasteiger charge is -2.15. The highest BCUT2D eigenvalue weighted by atomic mass is 19.4. The van der Waals surface area contributed by atoms with Crippen LogP contribution in [0.2, 0.25) is 0 Å². The third kappa shape index (κ3) is 3.73. The summed E-state index contributed by atoms with van der Waals surface area (Å²) in [6.07, 6.45) is -4.39. The van der Waals surface area contributed by atoms with Crippen molar-refractivity contribution in [3.8, 4) is 0 Å². The molecular formula is C12H16F3N5O3. The van der Waals surface area contributed by atoms with Crippen molar-refractivity contribution in [1.29, 1.82) is 0 Å². The van der Waals surface area contributed by atoms with Crippen LogP contribution in [-0.4, -0.2) is 44.5 Å². The Bertz CT molecular complexity index is 820. The molecule has 0 spiro atoms. The molecule has 2 N–H and O–H groups in total. The summed E-state index contributed by atoms with van der Waals surface area (Å²) in [5.74, 6) is 0.245. The van der Waals surface area contributed by atoms with Gasteiger partial charge in [0, 0.05) is 20.1 Å². The van der Waals surface area contributed by atoms with Crippen LogP contribution >= 0.6 is 0 Å². The van der Waals surface area contributed by atoms with Crippen LogP contribution in [0.1, 0.15) is 6.92 Å². The van der Waals surface area contributed by atoms with Gasteiger partial charge in [0.05, 0.1) is 6.61 Å². The quantitative estimate of drug-likeness (QED) is 0.822. The summed E-state index contributed by atoms with van der Waals surface area (Å²) in [6, 6.07) is -0.482. The molecule has 0 aliphatic rings. The number of rotatable bonds is 5. The number of alkyl halides is 3. The number of aromatic amines is 1. The Morgan fingerprint density at radius 2 is 1.96 bits per heavy atom. The van der Waals surface area contributed by atoms with Gasteiger partial charge in [-0.1, -0.05) is 0 Å². The molecule has 11 heteroatoms. The van der Waals surface area contributed by atoms with E-state index < -0.39 is 30.1 Å². The monoisotopic (exact) mass is 335 g/mol. The van der Waals surface area contributed by atoms with Crippen molar-refractivity contribution in [2.45, 2.75) is 19.1 Å². The van der Waals surface area contributed by atoms with Crippen LogP contribution in [0, 0.1) is 0 Å². The number of nitrogens with zero attached hydrogens (tertiary/aromatic N) is 3. The van der Waals surface area contributed by atoms with Crippen molar-refractivity contribution < 1.29 is 17.9 Å². The molecule has 2 heterocycles. The van der Waals surface area contributed by atoms with E-state index in [1.165, 1.54) is 16.2 Å². The highest BCUT2D eigenvalue weighted by molar-refractivity contribution is 5.73. The molecular weight excluding hydrogens is 319 g/mol. The fourth-order valence-electron chi connectivity index (χ4n) is 2.05. The van der Waals surface area contributed by atoms with Crippen molar-refractivity contribution in [2.75, 3.05) is 18.5 Å². The molecule has 0 fully saturated rings. The molecule has 2 aromatic heterocycles. The van der Waals surface area contributed by atoms with Gasteiger partial charge in [-0.15, -0.1) is 0 Å². The van der Waals surface area contributed by atoms with E-state index in [0.29, 0.717) is 0 Å². The van der Waals surface area contributed by atoms with Crippen molar-refractivity contribution in [3.63, 3.8) is 0 Å². The Balaban J connectivity index is 2.20. The van der Waals surface area contributed by atoms with Crippen LogP contribution in [0.5, 0.6) is 0 Å². The number of aromatic nitrogens is 4. The van der Waals surface area contributed by atoms with E-state index in [0.717, 1.165) is 0 Å². The topological polar surface area (TPSA) is 93.9 Å². The predicted octanol–water partition coefficient (Wildman–Crippen LogP) is 0.340. The first-order valence-electron chi connectivity index (χ1n) is 6.67. The van der Waals surface area contributed by atoms with Crippen LogP contribution in [-0.2, 0) is 18.8 Å². The molecule has 1 atom stereocenters. The average Bonchev–Trinajstić information content (AvgIpc) is 2.72. The van der Waals surface area contributed by atoms with E-state index >= 15 is 0 Å². The number of hydrogen-bond donors (Lipinski definition) is 2. The first-order valence-corrected chi connectivity index (χ1v) is 6.67. The van der Waals surface area contributed by atoms with Gasteiger partial charge in [0.1, 0.15) is 6.61 Å². The number of hydrogen-bond acceptors (Lipinski definition) is 5. The number of halogens is 3. The third-order valence-corrected chi connectivity index (χ3v) is 3.14. The summed E-state index contributed by atoms with van der Waals surface area (Å²) in [5, 5.41) is 2.85. The third-order valence-electron chi connectivity index (χ3n) is 3.14. The Labute approximate surface area is 127 Å². The van der Waals surface area contributed by atoms with Crippen LogP contribution in [0.3, 0.4) is 0 Å². The molecule has 0 aromatic carbocycles. The average molecular weight is 335 g/mol. The van der Waals surface area contributed by atoms with Crippen molar-refractivity contribution in [2.24, 2.45) is 14.1 Å². The van der Waals surface area contributed by atoms with E-state index in [1.807, 2.05) is 0 Å². The number of aryl methyl sites for hydroxylation is 2. The molecule has 0 amide bonds. The van der Waals surface area contributed by atoms with Crippen molar-refractivity contribution in [1.82, 2.24) is 19.1 Å². The SMILES string of the molecule is C[C@H](COCC(F)(F)F)Nc1nc2c(c(=O)[nH]c(=O)n2C)n1C. The van der Waals surface area contributed by atoms with Crippen molar-refractivity contribution in [3.05, 3.63) is 20.8 Å². The Kier molecular flexibility index (Phi) is 4.50. The summed E-state index contributed by atoms with van der Waals surface area (Å²) >= 11 is 0. The van der Waals surface area contributed by atoms with Gasteiger partial charge < -0.3 is 14.6 Å². The minimum Gasteiger partial charge on any atom is -0.370 e. The molecule has 2 rings (SSSR count). The van der Waals surface area contributed by atoms with Gasteiger partial charge in [-0.25, -0.2) is 4.79 Å². The van der Waals surface area contributed by atoms with E-state index in [2.05, 4.69) is 20.0 Å². The largest absolute Gasteiger partial charge is 0.411 e. The first kappa shape index (κ1) is 17.1. The summed E-state index contributed by atoms with van der Waals surface area (Å²) < 4.78 is 43.3. The van der Waals surface area contributed by atoms with E-state index in [9.17, 15) is 22.8 Å². The van der Waals surface area contributed by atoms with Crippen molar-refractivity contribution >= 4 is 17.1 Å². The Morgan fingerprint density at radius 1 is 1.30 bits per heavy atom. The fourth-order valence-corrected chi connectivity index (χ4v) is 2.05. The zero-order chi connectivity index (χ0) is 17.4. The lowest BCUT2D eigenvalue weighted by Crippen LogP contribution is -2.29. The molecule has 0 bridgehead atoms. The second kappa shape index (κ2) is 6.07. The van der Waals surface area contributed by atoms with Gasteiger partial charge in [-0.3, -0.25) is 14.3 Å². The summed E-state index contributed by atoms with van der Waals surface area (Å²) in [4.78, 5) is 29.7. The Hall–Kier alpha value is -2.30. The molecule has 0 unspecified atom stereocenters. The summed E-state index contributed by atoms with van der Waals surface area (Å²) in [5.41, 5.74) is -0.842. The van der Waals surface area contributed by atoms with Gasteiger partial charge in [0.15, 0.2) is 11.2 Å². The predicted molar refractivity (Wildman–Crippen MR) is 76.5 cm³/mol. The molecule has 0 aliphatic heterocycles. The molecule has 2 aromatic rings. The zero-order valence-electron chi connectivity index (χ0n) is 12.7. The van der Waals surface area contributed by atoms with E-state index in [4.69, 9.17) is 0 Å². The maximum Gasteiger partial charge on any atom is 0.411 e. The molecule has 8 nitrogen and oxygen atoms in total. The lowest BCUT2D eigenvalue weighted by atomic mass is 10.4. The minimum atomic E-state index is -4.39. The molecule has 128 valence electrons. The van der Waals surface area contributed by atoms with E-state index in [-0.39, 0.29) is 23.7 Å². The van der Waals surface area contributed by atoms with E-state index in [1.54, 1.807) is 14.0 Å². The van der Waals surface area contributed by atoms with Gasteiger partial charge in [0.2, 0.25) is 5.95 Å². The number of imidazole rings is 1. The van der Waals surface area contributed by atoms with Gasteiger partial charge in [-0.05, 0) is 6.92 Å². The number of ether oxygens (including phenoxy) is 1. The summed E-state index contributed by atoms with van der Waals surface area (Å²) in [6.45, 7) is 0.0761. The maximum atomic E-state index is 12.0. The second-order valence-corrected chi connectivity index (χ2v) is 5.16. The molecule has 0 radical (unpaired) electrons. The smallest absolute Gasteiger partial charge is 0.370 e. The molecule has 23 heavy (non-hydrogen) atoms. The highest BCUT2D eigenvalue weighted by Gasteiger charge is 2.27. The van der Waals surface area contributed by atoms with Gasteiger partial charge in [-0.2, -0.15) is 18.2 Å².